The van der Waals surface area contributed by atoms with E-state index in [1.54, 1.807) is 0 Å². The molecule has 2 aromatic rings. The minimum Gasteiger partial charge on any atom is -0.466 e. The maximum atomic E-state index is 13.0. The maximum absolute atomic E-state index is 13.0. The topological polar surface area (TPSA) is 105 Å². The lowest BCUT2D eigenvalue weighted by molar-refractivity contribution is -0.135. The lowest BCUT2D eigenvalue weighted by atomic mass is 10.2. The van der Waals surface area contributed by atoms with E-state index in [0.717, 1.165) is 22.7 Å². The summed E-state index contributed by atoms with van der Waals surface area (Å²) in [5.41, 5.74) is 0.705. The molecule has 0 atom stereocenters. The molecule has 1 fully saturated rings. The van der Waals surface area contributed by atoms with Gasteiger partial charge >= 0.3 is 5.97 Å². The average Bonchev–Trinajstić information content (AvgIpc) is 3.11. The molecule has 0 aromatic heterocycles. The van der Waals surface area contributed by atoms with Gasteiger partial charge < -0.3 is 10.1 Å². The molecule has 1 N–H and O–H groups in total. The third-order valence-electron chi connectivity index (χ3n) is 4.35. The fraction of sp³-hybridized carbons (Fsp3) is 0.0870. The Morgan fingerprint density at radius 2 is 1.91 bits per heavy atom. The number of rotatable bonds is 5. The van der Waals surface area contributed by atoms with Gasteiger partial charge in [-0.3, -0.25) is 19.3 Å². The fourth-order valence-electron chi connectivity index (χ4n) is 2.75. The van der Waals surface area contributed by atoms with E-state index in [-0.39, 0.29) is 33.1 Å². The molecule has 0 aliphatic carbocycles. The number of nitrogens with zero attached hydrogens (tertiary/aromatic N) is 2. The van der Waals surface area contributed by atoms with Crippen molar-refractivity contribution in [2.75, 3.05) is 18.6 Å². The van der Waals surface area contributed by atoms with E-state index in [0.29, 0.717) is 16.3 Å². The van der Waals surface area contributed by atoms with Crippen LogP contribution in [-0.2, 0) is 14.3 Å². The number of nitrogens with one attached hydrogen (secondary N) is 1. The Labute approximate surface area is 209 Å². The molecular formula is C23H15Cl2N3O5S. The molecule has 0 unspecified atom stereocenters. The zero-order valence-corrected chi connectivity index (χ0v) is 19.8. The van der Waals surface area contributed by atoms with Crippen LogP contribution in [0.5, 0.6) is 0 Å². The lowest BCUT2D eigenvalue weighted by Crippen LogP contribution is -2.30. The molecular weight excluding hydrogens is 501 g/mol. The lowest BCUT2D eigenvalue weighted by Gasteiger charge is -2.16. The normalized spacial score (nSPS) is 15.4. The maximum Gasteiger partial charge on any atom is 0.331 e. The Bertz CT molecular complexity index is 1280. The average molecular weight is 516 g/mol. The molecule has 0 bridgehead atoms. The number of halogens is 2. The number of esters is 1. The van der Waals surface area contributed by atoms with Crippen LogP contribution in [0.4, 0.5) is 5.69 Å². The summed E-state index contributed by atoms with van der Waals surface area (Å²) >= 11 is 12.8. The molecule has 172 valence electrons. The number of amides is 3. The molecule has 3 rings (SSSR count). The summed E-state index contributed by atoms with van der Waals surface area (Å²) in [6.45, 7) is 0.0652. The highest BCUT2D eigenvalue weighted by Gasteiger charge is 2.36. The number of benzene rings is 2. The molecule has 2 aromatic carbocycles. The van der Waals surface area contributed by atoms with E-state index in [2.05, 4.69) is 21.0 Å². The highest BCUT2D eigenvalue weighted by molar-refractivity contribution is 8.19. The highest BCUT2D eigenvalue weighted by atomic mass is 35.5. The van der Waals surface area contributed by atoms with Crippen molar-refractivity contribution in [1.82, 2.24) is 5.32 Å². The van der Waals surface area contributed by atoms with Gasteiger partial charge in [-0.25, -0.2) is 4.79 Å². The number of carbonyl (C=O) groups is 4. The summed E-state index contributed by atoms with van der Waals surface area (Å²) in [7, 11) is 1.17. The van der Waals surface area contributed by atoms with Crippen molar-refractivity contribution >= 4 is 69.5 Å². The van der Waals surface area contributed by atoms with Gasteiger partial charge in [0.2, 0.25) is 0 Å². The number of aliphatic imine (C=N–C) groups is 1. The Balaban J connectivity index is 2.00. The Kier molecular flexibility index (Phi) is 8.12. The molecule has 34 heavy (non-hydrogen) atoms. The van der Waals surface area contributed by atoms with Crippen LogP contribution in [0.25, 0.3) is 0 Å². The number of terminal acetylenes is 1. The zero-order chi connectivity index (χ0) is 24.8. The SMILES string of the molecule is C#CCNC(=O)c1ccc(N2C(=O)C(=CC(=O)OC)SC2=NC(=O)c2ccc(Cl)cc2Cl)cc1. The van der Waals surface area contributed by atoms with Crippen molar-refractivity contribution in [1.29, 1.82) is 0 Å². The van der Waals surface area contributed by atoms with Crippen molar-refractivity contribution in [2.24, 2.45) is 4.99 Å². The predicted molar refractivity (Wildman–Crippen MR) is 131 cm³/mol. The number of amidine groups is 1. The first-order chi connectivity index (χ1) is 16.2. The molecule has 1 saturated heterocycles. The van der Waals surface area contributed by atoms with Gasteiger partial charge in [0.15, 0.2) is 5.17 Å². The van der Waals surface area contributed by atoms with Gasteiger partial charge in [-0.15, -0.1) is 6.42 Å². The quantitative estimate of drug-likeness (QED) is 0.369. The summed E-state index contributed by atoms with van der Waals surface area (Å²) in [6, 6.07) is 10.3. The van der Waals surface area contributed by atoms with E-state index in [4.69, 9.17) is 29.6 Å². The summed E-state index contributed by atoms with van der Waals surface area (Å²) < 4.78 is 4.59. The number of ether oxygens (including phenoxy) is 1. The Hall–Kier alpha value is -3.58. The third kappa shape index (κ3) is 5.66. The monoisotopic (exact) mass is 515 g/mol. The molecule has 0 spiro atoms. The van der Waals surface area contributed by atoms with Crippen LogP contribution in [-0.4, -0.2) is 42.5 Å². The predicted octanol–water partition coefficient (Wildman–Crippen LogP) is 3.69. The summed E-state index contributed by atoms with van der Waals surface area (Å²) in [5.74, 6) is -0.150. The van der Waals surface area contributed by atoms with Gasteiger partial charge in [0.05, 0.1) is 34.8 Å². The van der Waals surface area contributed by atoms with Crippen LogP contribution < -0.4 is 10.2 Å². The van der Waals surface area contributed by atoms with Gasteiger partial charge in [-0.05, 0) is 54.2 Å². The fourth-order valence-corrected chi connectivity index (χ4v) is 4.18. The van der Waals surface area contributed by atoms with Crippen molar-refractivity contribution in [3.8, 4) is 12.3 Å². The van der Waals surface area contributed by atoms with E-state index in [9.17, 15) is 19.2 Å². The van der Waals surface area contributed by atoms with E-state index >= 15 is 0 Å². The van der Waals surface area contributed by atoms with Crippen molar-refractivity contribution in [3.05, 3.63) is 74.6 Å². The number of hydrogen-bond donors (Lipinski definition) is 1. The van der Waals surface area contributed by atoms with Crippen molar-refractivity contribution in [2.45, 2.75) is 0 Å². The highest BCUT2D eigenvalue weighted by Crippen LogP contribution is 2.35. The van der Waals surface area contributed by atoms with Crippen LogP contribution in [0, 0.1) is 12.3 Å². The second-order valence-electron chi connectivity index (χ2n) is 6.53. The van der Waals surface area contributed by atoms with Gasteiger partial charge in [-0.1, -0.05) is 29.1 Å². The molecule has 1 heterocycles. The van der Waals surface area contributed by atoms with Gasteiger partial charge in [0.25, 0.3) is 17.7 Å². The van der Waals surface area contributed by atoms with Crippen LogP contribution >= 0.6 is 35.0 Å². The summed E-state index contributed by atoms with van der Waals surface area (Å²) in [5, 5.41) is 2.96. The third-order valence-corrected chi connectivity index (χ3v) is 5.87. The molecule has 3 amide bonds. The Morgan fingerprint density at radius 3 is 2.53 bits per heavy atom. The number of carbonyl (C=O) groups excluding carboxylic acids is 4. The van der Waals surface area contributed by atoms with E-state index in [1.165, 1.54) is 49.6 Å². The van der Waals surface area contributed by atoms with Crippen LogP contribution in [0.15, 0.2) is 58.4 Å². The van der Waals surface area contributed by atoms with Crippen molar-refractivity contribution < 1.29 is 23.9 Å². The number of hydrogen-bond acceptors (Lipinski definition) is 6. The van der Waals surface area contributed by atoms with E-state index < -0.39 is 17.8 Å². The second kappa shape index (κ2) is 11.0. The largest absolute Gasteiger partial charge is 0.466 e. The number of thioether (sulfide) groups is 1. The van der Waals surface area contributed by atoms with Gasteiger partial charge in [0.1, 0.15) is 0 Å². The van der Waals surface area contributed by atoms with Crippen molar-refractivity contribution in [3.63, 3.8) is 0 Å². The molecule has 11 heteroatoms. The smallest absolute Gasteiger partial charge is 0.331 e. The Morgan fingerprint density at radius 1 is 1.21 bits per heavy atom. The minimum atomic E-state index is -0.746. The number of anilines is 1. The first-order valence-corrected chi connectivity index (χ1v) is 11.0. The second-order valence-corrected chi connectivity index (χ2v) is 8.38. The number of methoxy groups -OCH3 is 1. The molecule has 0 saturated carbocycles. The molecule has 8 nitrogen and oxygen atoms in total. The molecule has 1 aliphatic rings. The first-order valence-electron chi connectivity index (χ1n) is 9.47. The standard InChI is InChI=1S/C23H15Cl2N3O5S/c1-3-10-26-20(30)13-4-7-15(8-5-13)28-22(32)18(12-19(29)33-2)34-23(28)27-21(31)16-9-6-14(24)11-17(16)25/h1,4-9,11-12H,10H2,2H3,(H,26,30). The van der Waals surface area contributed by atoms with Crippen LogP contribution in [0.2, 0.25) is 10.0 Å². The zero-order valence-electron chi connectivity index (χ0n) is 17.5. The van der Waals surface area contributed by atoms with Crippen LogP contribution in [0.1, 0.15) is 20.7 Å². The van der Waals surface area contributed by atoms with Gasteiger partial charge in [0, 0.05) is 16.7 Å². The van der Waals surface area contributed by atoms with E-state index in [1.807, 2.05) is 0 Å². The van der Waals surface area contributed by atoms with Gasteiger partial charge in [-0.2, -0.15) is 4.99 Å². The first kappa shape index (κ1) is 25.1. The summed E-state index contributed by atoms with van der Waals surface area (Å²) in [6.07, 6.45) is 6.15. The minimum absolute atomic E-state index is 0.00329. The van der Waals surface area contributed by atoms with Crippen LogP contribution in [0.3, 0.4) is 0 Å². The summed E-state index contributed by atoms with van der Waals surface area (Å²) in [4.78, 5) is 54.8. The molecule has 1 aliphatic heterocycles. The molecule has 0 radical (unpaired) electrons.